The summed E-state index contributed by atoms with van der Waals surface area (Å²) >= 11 is 0. The summed E-state index contributed by atoms with van der Waals surface area (Å²) in [6, 6.07) is 16.5. The number of carbonyl (C=O) groups excluding carboxylic acids is 1. The molecule has 1 aromatic carbocycles. The molecule has 0 bridgehead atoms. The molecule has 0 aliphatic carbocycles. The zero-order valence-electron chi connectivity index (χ0n) is 19.2. The molecule has 3 heterocycles. The quantitative estimate of drug-likeness (QED) is 0.558. The summed E-state index contributed by atoms with van der Waals surface area (Å²) in [5.74, 6) is 0.804. The van der Waals surface area contributed by atoms with Crippen LogP contribution in [0.15, 0.2) is 60.8 Å². The normalized spacial score (nSPS) is 15.8. The number of pyridine rings is 2. The fourth-order valence-corrected chi connectivity index (χ4v) is 4.31. The van der Waals surface area contributed by atoms with E-state index in [-0.39, 0.29) is 17.6 Å². The maximum Gasteiger partial charge on any atom is 0.224 e. The van der Waals surface area contributed by atoms with Gasteiger partial charge in [-0.1, -0.05) is 18.2 Å². The Balaban J connectivity index is 1.39. The van der Waals surface area contributed by atoms with E-state index in [0.29, 0.717) is 25.2 Å². The van der Waals surface area contributed by atoms with E-state index < -0.39 is 0 Å². The van der Waals surface area contributed by atoms with E-state index >= 15 is 0 Å². The molecule has 1 fully saturated rings. The van der Waals surface area contributed by atoms with Crippen molar-refractivity contribution in [1.29, 1.82) is 0 Å². The molecule has 6 nitrogen and oxygen atoms in total. The lowest BCUT2D eigenvalue weighted by molar-refractivity contribution is -0.132. The van der Waals surface area contributed by atoms with Crippen LogP contribution in [-0.2, 0) is 4.79 Å². The number of aryl methyl sites for hydroxylation is 1. The van der Waals surface area contributed by atoms with Gasteiger partial charge in [0.25, 0.3) is 0 Å². The van der Waals surface area contributed by atoms with Gasteiger partial charge in [-0.25, -0.2) is 9.37 Å². The number of para-hydroxylation sites is 1. The minimum Gasteiger partial charge on any atom is -0.372 e. The number of anilines is 3. The van der Waals surface area contributed by atoms with E-state index in [2.05, 4.69) is 16.4 Å². The highest BCUT2D eigenvalue weighted by molar-refractivity contribution is 5.77. The van der Waals surface area contributed by atoms with Crippen LogP contribution in [0.2, 0.25) is 0 Å². The van der Waals surface area contributed by atoms with Crippen LogP contribution in [0.1, 0.15) is 36.6 Å². The standard InChI is InChI=1S/C26H30FN5O/c1-19-16-21(30-25-11-5-6-13-28-25)17-23(29-19)20-8-7-14-32(18-20)26(33)12-15-31(2)24-10-4-3-9-22(24)27/h3-6,9-11,13,16-17,20H,7-8,12,14-15,18H2,1-2H3,(H,28,29,30)/t20-/m0/s1. The number of hydrogen-bond acceptors (Lipinski definition) is 5. The van der Waals surface area contributed by atoms with E-state index in [9.17, 15) is 9.18 Å². The number of nitrogens with zero attached hydrogens (tertiary/aromatic N) is 4. The smallest absolute Gasteiger partial charge is 0.224 e. The van der Waals surface area contributed by atoms with Gasteiger partial charge in [0.05, 0.1) is 5.69 Å². The first-order valence-electron chi connectivity index (χ1n) is 11.4. The highest BCUT2D eigenvalue weighted by Gasteiger charge is 2.26. The number of benzene rings is 1. The van der Waals surface area contributed by atoms with Crippen molar-refractivity contribution in [2.75, 3.05) is 36.9 Å². The predicted molar refractivity (Wildman–Crippen MR) is 129 cm³/mol. The van der Waals surface area contributed by atoms with Crippen LogP contribution in [0.5, 0.6) is 0 Å². The van der Waals surface area contributed by atoms with Gasteiger partial charge in [0.2, 0.25) is 5.91 Å². The summed E-state index contributed by atoms with van der Waals surface area (Å²) in [6.45, 7) is 3.87. The van der Waals surface area contributed by atoms with Gasteiger partial charge >= 0.3 is 0 Å². The summed E-state index contributed by atoms with van der Waals surface area (Å²) in [4.78, 5) is 25.8. The average Bonchev–Trinajstić information content (AvgIpc) is 2.83. The van der Waals surface area contributed by atoms with Crippen molar-refractivity contribution in [2.45, 2.75) is 32.1 Å². The predicted octanol–water partition coefficient (Wildman–Crippen LogP) is 4.90. The Bertz CT molecular complexity index is 1090. The van der Waals surface area contributed by atoms with Gasteiger partial charge < -0.3 is 15.1 Å². The minimum atomic E-state index is -0.272. The van der Waals surface area contributed by atoms with Crippen molar-refractivity contribution < 1.29 is 9.18 Å². The molecule has 0 saturated carbocycles. The molecule has 2 aromatic heterocycles. The second kappa shape index (κ2) is 10.4. The number of likely N-dealkylation sites (tertiary alicyclic amines) is 1. The van der Waals surface area contributed by atoms with Crippen LogP contribution < -0.4 is 10.2 Å². The highest BCUT2D eigenvalue weighted by Crippen LogP contribution is 2.29. The number of carbonyl (C=O) groups is 1. The number of aromatic nitrogens is 2. The molecule has 1 N–H and O–H groups in total. The molecule has 1 aliphatic rings. The number of rotatable bonds is 7. The van der Waals surface area contributed by atoms with Crippen LogP contribution in [0.25, 0.3) is 0 Å². The monoisotopic (exact) mass is 447 g/mol. The third-order valence-corrected chi connectivity index (χ3v) is 6.03. The van der Waals surface area contributed by atoms with Gasteiger partial charge in [-0.3, -0.25) is 9.78 Å². The van der Waals surface area contributed by atoms with E-state index in [1.165, 1.54) is 6.07 Å². The molecular formula is C26H30FN5O. The van der Waals surface area contributed by atoms with Crippen molar-refractivity contribution >= 4 is 23.1 Å². The molecule has 1 aliphatic heterocycles. The van der Waals surface area contributed by atoms with Gasteiger partial charge in [0.15, 0.2) is 0 Å². The molecule has 172 valence electrons. The van der Waals surface area contributed by atoms with Crippen molar-refractivity contribution in [2.24, 2.45) is 0 Å². The van der Waals surface area contributed by atoms with Gasteiger partial charge in [-0.15, -0.1) is 0 Å². The molecule has 33 heavy (non-hydrogen) atoms. The molecule has 1 atom stereocenters. The summed E-state index contributed by atoms with van der Waals surface area (Å²) < 4.78 is 14.0. The third kappa shape index (κ3) is 5.86. The Morgan fingerprint density at radius 1 is 1.21 bits per heavy atom. The Labute approximate surface area is 194 Å². The molecule has 0 radical (unpaired) electrons. The lowest BCUT2D eigenvalue weighted by atomic mass is 9.93. The Hall–Kier alpha value is -3.48. The maximum absolute atomic E-state index is 14.0. The first kappa shape index (κ1) is 22.7. The molecule has 4 rings (SSSR count). The SMILES string of the molecule is Cc1cc(Nc2ccccn2)cc([C@H]2CCCN(C(=O)CCN(C)c3ccccc3F)C2)n1. The van der Waals surface area contributed by atoms with Gasteiger partial charge in [-0.2, -0.15) is 0 Å². The number of nitrogens with one attached hydrogen (secondary N) is 1. The molecule has 0 unspecified atom stereocenters. The topological polar surface area (TPSA) is 61.4 Å². The third-order valence-electron chi connectivity index (χ3n) is 6.03. The molecule has 3 aromatic rings. The second-order valence-electron chi connectivity index (χ2n) is 8.56. The summed E-state index contributed by atoms with van der Waals surface area (Å²) in [6.07, 6.45) is 4.05. The fourth-order valence-electron chi connectivity index (χ4n) is 4.31. The van der Waals surface area contributed by atoms with Crippen LogP contribution in [0.4, 0.5) is 21.6 Å². The lowest BCUT2D eigenvalue weighted by Gasteiger charge is -2.33. The van der Waals surface area contributed by atoms with E-state index in [1.54, 1.807) is 29.3 Å². The molecular weight excluding hydrogens is 417 g/mol. The average molecular weight is 448 g/mol. The lowest BCUT2D eigenvalue weighted by Crippen LogP contribution is -2.40. The molecule has 7 heteroatoms. The largest absolute Gasteiger partial charge is 0.372 e. The van der Waals surface area contributed by atoms with Crippen molar-refractivity contribution in [3.63, 3.8) is 0 Å². The summed E-state index contributed by atoms with van der Waals surface area (Å²) in [7, 11) is 1.82. The van der Waals surface area contributed by atoms with Crippen molar-refractivity contribution in [1.82, 2.24) is 14.9 Å². The van der Waals surface area contributed by atoms with Crippen LogP contribution in [-0.4, -0.2) is 47.5 Å². The number of halogens is 1. The van der Waals surface area contributed by atoms with Crippen LogP contribution in [0.3, 0.4) is 0 Å². The molecule has 1 saturated heterocycles. The maximum atomic E-state index is 14.0. The zero-order chi connectivity index (χ0) is 23.2. The van der Waals surface area contributed by atoms with E-state index in [1.807, 2.05) is 43.1 Å². The molecule has 0 spiro atoms. The Morgan fingerprint density at radius 3 is 2.82 bits per heavy atom. The number of hydrogen-bond donors (Lipinski definition) is 1. The van der Waals surface area contributed by atoms with Gasteiger partial charge in [0, 0.05) is 62.3 Å². The second-order valence-corrected chi connectivity index (χ2v) is 8.56. The van der Waals surface area contributed by atoms with Gasteiger partial charge in [0.1, 0.15) is 11.6 Å². The molecule has 1 amide bonds. The minimum absolute atomic E-state index is 0.0994. The summed E-state index contributed by atoms with van der Waals surface area (Å²) in [5.41, 5.74) is 3.39. The number of piperidine rings is 1. The fraction of sp³-hybridized carbons (Fsp3) is 0.346. The zero-order valence-corrected chi connectivity index (χ0v) is 19.2. The first-order valence-corrected chi connectivity index (χ1v) is 11.4. The van der Waals surface area contributed by atoms with Crippen molar-refractivity contribution in [3.8, 4) is 0 Å². The van der Waals surface area contributed by atoms with Crippen LogP contribution in [0, 0.1) is 12.7 Å². The van der Waals surface area contributed by atoms with Gasteiger partial charge in [-0.05, 0) is 56.2 Å². The summed E-state index contributed by atoms with van der Waals surface area (Å²) in [5, 5.41) is 3.34. The Morgan fingerprint density at radius 2 is 2.03 bits per heavy atom. The van der Waals surface area contributed by atoms with Crippen LogP contribution >= 0.6 is 0 Å². The van der Waals surface area contributed by atoms with Crippen molar-refractivity contribution in [3.05, 3.63) is 78.0 Å². The van der Waals surface area contributed by atoms with E-state index in [0.717, 1.165) is 42.3 Å². The number of amides is 1. The van der Waals surface area contributed by atoms with E-state index in [4.69, 9.17) is 4.98 Å². The highest BCUT2D eigenvalue weighted by atomic mass is 19.1. The Kier molecular flexibility index (Phi) is 7.17. The first-order chi connectivity index (χ1) is 16.0.